The third-order valence-electron chi connectivity index (χ3n) is 3.49. The van der Waals surface area contributed by atoms with Crippen LogP contribution in [-0.2, 0) is 14.8 Å². The summed E-state index contributed by atoms with van der Waals surface area (Å²) >= 11 is 0. The number of rotatable bonds is 8. The predicted octanol–water partition coefficient (Wildman–Crippen LogP) is 2.84. The first-order valence-corrected chi connectivity index (χ1v) is 9.58. The van der Waals surface area contributed by atoms with Gasteiger partial charge < -0.3 is 10.1 Å². The summed E-state index contributed by atoms with van der Waals surface area (Å²) < 4.78 is 45.7. The van der Waals surface area contributed by atoms with E-state index in [9.17, 15) is 17.6 Å². The number of sulfonamides is 1. The molecule has 0 radical (unpaired) electrons. The van der Waals surface area contributed by atoms with Crippen LogP contribution in [0.2, 0.25) is 0 Å². The highest BCUT2D eigenvalue weighted by atomic mass is 32.2. The van der Waals surface area contributed by atoms with Gasteiger partial charge in [0.1, 0.15) is 11.6 Å². The van der Waals surface area contributed by atoms with Gasteiger partial charge in [-0.05, 0) is 55.8 Å². The van der Waals surface area contributed by atoms with Crippen molar-refractivity contribution in [3.63, 3.8) is 0 Å². The average molecular weight is 380 g/mol. The zero-order valence-electron chi connectivity index (χ0n) is 14.6. The number of halogens is 1. The second-order valence-corrected chi connectivity index (χ2v) is 7.35. The van der Waals surface area contributed by atoms with Crippen LogP contribution >= 0.6 is 0 Å². The maximum Gasteiger partial charge on any atom is 0.240 e. The molecule has 0 aliphatic carbocycles. The van der Waals surface area contributed by atoms with Crippen molar-refractivity contribution in [1.29, 1.82) is 0 Å². The summed E-state index contributed by atoms with van der Waals surface area (Å²) in [6.45, 7) is 3.96. The SMILES string of the molecule is CCOc1ccc(S(=O)(=O)NCCC(=O)Nc2ccc(C)cc2F)cc1. The predicted molar refractivity (Wildman–Crippen MR) is 97.2 cm³/mol. The van der Waals surface area contributed by atoms with Gasteiger partial charge in [0, 0.05) is 13.0 Å². The Morgan fingerprint density at radius 1 is 1.15 bits per heavy atom. The molecule has 0 spiro atoms. The number of amides is 1. The van der Waals surface area contributed by atoms with Crippen LogP contribution < -0.4 is 14.8 Å². The van der Waals surface area contributed by atoms with E-state index in [1.54, 1.807) is 25.1 Å². The van der Waals surface area contributed by atoms with E-state index in [0.717, 1.165) is 5.56 Å². The zero-order chi connectivity index (χ0) is 19.2. The van der Waals surface area contributed by atoms with Crippen LogP contribution in [0.15, 0.2) is 47.4 Å². The first-order chi connectivity index (χ1) is 12.3. The molecule has 2 N–H and O–H groups in total. The van der Waals surface area contributed by atoms with Gasteiger partial charge in [0.25, 0.3) is 0 Å². The van der Waals surface area contributed by atoms with E-state index < -0.39 is 21.7 Å². The molecular weight excluding hydrogens is 359 g/mol. The number of hydrogen-bond acceptors (Lipinski definition) is 4. The number of carbonyl (C=O) groups excluding carboxylic acids is 1. The molecule has 1 amide bonds. The van der Waals surface area contributed by atoms with E-state index in [4.69, 9.17) is 4.74 Å². The molecule has 0 atom stereocenters. The van der Waals surface area contributed by atoms with Gasteiger partial charge in [0.15, 0.2) is 0 Å². The van der Waals surface area contributed by atoms with Crippen LogP contribution in [0.3, 0.4) is 0 Å². The van der Waals surface area contributed by atoms with E-state index in [2.05, 4.69) is 10.0 Å². The summed E-state index contributed by atoms with van der Waals surface area (Å²) in [5.74, 6) is -0.443. The van der Waals surface area contributed by atoms with E-state index >= 15 is 0 Å². The molecule has 0 aliphatic rings. The molecule has 0 unspecified atom stereocenters. The van der Waals surface area contributed by atoms with Crippen molar-refractivity contribution >= 4 is 21.6 Å². The summed E-state index contributed by atoms with van der Waals surface area (Å²) in [4.78, 5) is 11.9. The van der Waals surface area contributed by atoms with Crippen LogP contribution in [0.1, 0.15) is 18.9 Å². The molecule has 8 heteroatoms. The summed E-state index contributed by atoms with van der Waals surface area (Å²) in [7, 11) is -3.73. The smallest absolute Gasteiger partial charge is 0.240 e. The first kappa shape index (κ1) is 19.9. The highest BCUT2D eigenvalue weighted by Crippen LogP contribution is 2.17. The second-order valence-electron chi connectivity index (χ2n) is 5.58. The number of aryl methyl sites for hydroxylation is 1. The van der Waals surface area contributed by atoms with E-state index in [-0.39, 0.29) is 23.5 Å². The van der Waals surface area contributed by atoms with E-state index in [0.29, 0.717) is 12.4 Å². The van der Waals surface area contributed by atoms with Gasteiger partial charge in [0.2, 0.25) is 15.9 Å². The van der Waals surface area contributed by atoms with Crippen molar-refractivity contribution in [2.75, 3.05) is 18.5 Å². The van der Waals surface area contributed by atoms with Crippen molar-refractivity contribution in [3.05, 3.63) is 53.8 Å². The minimum Gasteiger partial charge on any atom is -0.494 e. The molecule has 2 aromatic carbocycles. The highest BCUT2D eigenvalue weighted by Gasteiger charge is 2.15. The minimum absolute atomic E-state index is 0.0648. The normalized spacial score (nSPS) is 11.2. The first-order valence-electron chi connectivity index (χ1n) is 8.10. The maximum atomic E-state index is 13.7. The molecule has 0 saturated carbocycles. The molecule has 0 fully saturated rings. The highest BCUT2D eigenvalue weighted by molar-refractivity contribution is 7.89. The van der Waals surface area contributed by atoms with Crippen molar-refractivity contribution in [2.24, 2.45) is 0 Å². The fraction of sp³-hybridized carbons (Fsp3) is 0.278. The lowest BCUT2D eigenvalue weighted by Crippen LogP contribution is -2.28. The van der Waals surface area contributed by atoms with Crippen molar-refractivity contribution in [3.8, 4) is 5.75 Å². The van der Waals surface area contributed by atoms with Gasteiger partial charge in [-0.2, -0.15) is 0 Å². The number of ether oxygens (including phenoxy) is 1. The largest absolute Gasteiger partial charge is 0.494 e. The summed E-state index contributed by atoms with van der Waals surface area (Å²) in [6.07, 6.45) is -0.121. The molecular formula is C18H21FN2O4S. The summed E-state index contributed by atoms with van der Waals surface area (Å²) in [5.41, 5.74) is 0.804. The Bertz CT molecular complexity index is 867. The van der Waals surface area contributed by atoms with Gasteiger partial charge in [0.05, 0.1) is 17.2 Å². The molecule has 2 rings (SSSR count). The molecule has 0 aliphatic heterocycles. The number of nitrogens with one attached hydrogen (secondary N) is 2. The van der Waals surface area contributed by atoms with Gasteiger partial charge in [-0.1, -0.05) is 6.07 Å². The fourth-order valence-corrected chi connectivity index (χ4v) is 3.23. The van der Waals surface area contributed by atoms with Gasteiger partial charge in [-0.15, -0.1) is 0 Å². The number of anilines is 1. The Kier molecular flexibility index (Phi) is 6.70. The molecule has 0 heterocycles. The summed E-state index contributed by atoms with van der Waals surface area (Å²) in [5, 5.41) is 2.42. The Labute approximate surface area is 152 Å². The molecule has 0 aromatic heterocycles. The van der Waals surface area contributed by atoms with Gasteiger partial charge >= 0.3 is 0 Å². The third-order valence-corrected chi connectivity index (χ3v) is 4.96. The Morgan fingerprint density at radius 2 is 1.85 bits per heavy atom. The van der Waals surface area contributed by atoms with Crippen LogP contribution in [0, 0.1) is 12.7 Å². The monoisotopic (exact) mass is 380 g/mol. The summed E-state index contributed by atoms with van der Waals surface area (Å²) in [6, 6.07) is 10.4. The Hall–Kier alpha value is -2.45. The van der Waals surface area contributed by atoms with Gasteiger partial charge in [-0.3, -0.25) is 4.79 Å². The number of benzene rings is 2. The van der Waals surface area contributed by atoms with E-state index in [1.807, 2.05) is 6.92 Å². The minimum atomic E-state index is -3.73. The van der Waals surface area contributed by atoms with E-state index in [1.165, 1.54) is 24.3 Å². The van der Waals surface area contributed by atoms with Crippen molar-refractivity contribution in [2.45, 2.75) is 25.2 Å². The maximum absolute atomic E-state index is 13.7. The lowest BCUT2D eigenvalue weighted by atomic mass is 10.2. The van der Waals surface area contributed by atoms with Crippen LogP contribution in [-0.4, -0.2) is 27.5 Å². The van der Waals surface area contributed by atoms with Crippen molar-refractivity contribution in [1.82, 2.24) is 4.72 Å². The zero-order valence-corrected chi connectivity index (χ0v) is 15.4. The topological polar surface area (TPSA) is 84.5 Å². The molecule has 0 saturated heterocycles. The average Bonchev–Trinajstić information content (AvgIpc) is 2.58. The quantitative estimate of drug-likeness (QED) is 0.738. The molecule has 6 nitrogen and oxygen atoms in total. The fourth-order valence-electron chi connectivity index (χ4n) is 2.20. The molecule has 0 bridgehead atoms. The van der Waals surface area contributed by atoms with Gasteiger partial charge in [-0.25, -0.2) is 17.5 Å². The second kappa shape index (κ2) is 8.77. The Balaban J connectivity index is 1.88. The van der Waals surface area contributed by atoms with Crippen LogP contribution in [0.25, 0.3) is 0 Å². The molecule has 2 aromatic rings. The molecule has 140 valence electrons. The standard InChI is InChI=1S/C18H21FN2O4S/c1-3-25-14-5-7-15(8-6-14)26(23,24)20-11-10-18(22)21-17-9-4-13(2)12-16(17)19/h4-9,12,20H,3,10-11H2,1-2H3,(H,21,22). The lowest BCUT2D eigenvalue weighted by Gasteiger charge is -2.09. The number of carbonyl (C=O) groups is 1. The Morgan fingerprint density at radius 3 is 2.46 bits per heavy atom. The third kappa shape index (κ3) is 5.53. The lowest BCUT2D eigenvalue weighted by molar-refractivity contribution is -0.116. The molecule has 26 heavy (non-hydrogen) atoms. The van der Waals surface area contributed by atoms with Crippen molar-refractivity contribution < 1.29 is 22.3 Å². The number of hydrogen-bond donors (Lipinski definition) is 2. The van der Waals surface area contributed by atoms with Crippen LogP contribution in [0.5, 0.6) is 5.75 Å². The van der Waals surface area contributed by atoms with Crippen LogP contribution in [0.4, 0.5) is 10.1 Å².